The summed E-state index contributed by atoms with van der Waals surface area (Å²) in [6.07, 6.45) is 21.3. The highest BCUT2D eigenvalue weighted by Crippen LogP contribution is 2.21. The molecule has 1 heterocycles. The van der Waals surface area contributed by atoms with Gasteiger partial charge in [-0.3, -0.25) is 24.0 Å². The van der Waals surface area contributed by atoms with Crippen molar-refractivity contribution in [3.8, 4) is 0 Å². The normalized spacial score (nSPS) is 13.7. The lowest BCUT2D eigenvalue weighted by atomic mass is 9.86. The summed E-state index contributed by atoms with van der Waals surface area (Å²) >= 11 is 0. The largest absolute Gasteiger partial charge is 0.481 e. The summed E-state index contributed by atoms with van der Waals surface area (Å²) < 4.78 is 0. The van der Waals surface area contributed by atoms with Gasteiger partial charge in [-0.2, -0.15) is 0 Å². The molecule has 0 radical (unpaired) electrons. The monoisotopic (exact) mass is 654 g/mol. The Morgan fingerprint density at radius 3 is 1.83 bits per heavy atom. The molecule has 0 aliphatic carbocycles. The number of hydrogen-bond donors (Lipinski definition) is 6. The predicted octanol–water partition coefficient (Wildman–Crippen LogP) is 5.49. The summed E-state index contributed by atoms with van der Waals surface area (Å²) in [5.41, 5.74) is 6.26. The maximum atomic E-state index is 12.9. The summed E-state index contributed by atoms with van der Waals surface area (Å²) in [5, 5.41) is 27.2. The topological polar surface area (TPSA) is 188 Å². The zero-order chi connectivity index (χ0) is 33.8. The van der Waals surface area contributed by atoms with Crippen LogP contribution in [-0.2, 0) is 24.0 Å². The molecule has 0 unspecified atom stereocenters. The van der Waals surface area contributed by atoms with Crippen LogP contribution in [0, 0.1) is 11.8 Å². The van der Waals surface area contributed by atoms with Crippen molar-refractivity contribution in [3.05, 3.63) is 11.9 Å². The van der Waals surface area contributed by atoms with Crippen LogP contribution in [0.3, 0.4) is 0 Å². The van der Waals surface area contributed by atoms with Gasteiger partial charge in [0.25, 0.3) is 0 Å². The maximum Gasteiger partial charge on any atom is 0.303 e. The summed E-state index contributed by atoms with van der Waals surface area (Å²) in [6, 6.07) is 0. The van der Waals surface area contributed by atoms with E-state index in [1.165, 1.54) is 51.4 Å². The van der Waals surface area contributed by atoms with E-state index in [0.29, 0.717) is 58.2 Å². The highest BCUT2D eigenvalue weighted by atomic mass is 16.4. The Morgan fingerprint density at radius 2 is 1.33 bits per heavy atom. The van der Waals surface area contributed by atoms with Gasteiger partial charge in [-0.05, 0) is 32.1 Å². The number of carbonyl (C=O) groups is 5. The third-order valence-corrected chi connectivity index (χ3v) is 8.71. The van der Waals surface area contributed by atoms with E-state index in [1.807, 2.05) is 6.20 Å². The standard InChI is InChI=1S/C35H62N4O7.2H2/c36-35(46)29(26-40)24-32(42)28(23-31(41)21-20-30-25-37-27-39-30)17-15-16-22-38-33(43)18-13-11-9-7-5-3-1-2-4-6-8-10-12-14-19-34(44)45;;/h25,28-29,37,39-40H,1-24,26-27H2,(H2,36,46)(H,38,43)(H,44,45);2*1H/t28-,29+;;/m0../s1. The SMILES string of the molecule is NC(=O)[C@@H](CO)CC(=O)[C@@H](CCCCNC(=O)CCCCCCCCCCCCCCCCC(=O)O)CC(=O)CCC1=CNCN1.[HH].[HH]. The van der Waals surface area contributed by atoms with E-state index in [9.17, 15) is 29.1 Å². The molecule has 7 N–H and O–H groups in total. The second-order valence-electron chi connectivity index (χ2n) is 12.8. The molecule has 0 fully saturated rings. The van der Waals surface area contributed by atoms with Crippen LogP contribution in [0.2, 0.25) is 0 Å². The number of carboxylic acids is 1. The van der Waals surface area contributed by atoms with E-state index in [4.69, 9.17) is 10.8 Å². The molecule has 1 rings (SSSR count). The first kappa shape index (κ1) is 41.1. The minimum absolute atomic E-state index is 0. The van der Waals surface area contributed by atoms with E-state index in [2.05, 4.69) is 16.0 Å². The zero-order valence-corrected chi connectivity index (χ0v) is 28.1. The summed E-state index contributed by atoms with van der Waals surface area (Å²) in [7, 11) is 0. The number of carbonyl (C=O) groups excluding carboxylic acids is 4. The Morgan fingerprint density at radius 1 is 0.761 bits per heavy atom. The molecule has 0 bridgehead atoms. The van der Waals surface area contributed by atoms with Crippen molar-refractivity contribution in [2.45, 2.75) is 148 Å². The van der Waals surface area contributed by atoms with Gasteiger partial charge in [-0.15, -0.1) is 0 Å². The van der Waals surface area contributed by atoms with Crippen LogP contribution < -0.4 is 21.7 Å². The van der Waals surface area contributed by atoms with Gasteiger partial charge >= 0.3 is 5.97 Å². The average molecular weight is 655 g/mol. The smallest absolute Gasteiger partial charge is 0.303 e. The number of aliphatic hydroxyl groups excluding tert-OH is 1. The van der Waals surface area contributed by atoms with E-state index in [-0.39, 0.29) is 33.2 Å². The summed E-state index contributed by atoms with van der Waals surface area (Å²) in [6.45, 7) is 0.662. The molecule has 11 heteroatoms. The summed E-state index contributed by atoms with van der Waals surface area (Å²) in [4.78, 5) is 59.8. The van der Waals surface area contributed by atoms with Gasteiger partial charge < -0.3 is 31.9 Å². The van der Waals surface area contributed by atoms with Crippen molar-refractivity contribution >= 4 is 29.4 Å². The second-order valence-corrected chi connectivity index (χ2v) is 12.8. The van der Waals surface area contributed by atoms with E-state index in [0.717, 1.165) is 44.2 Å². The molecular formula is C35H66N4O7. The fourth-order valence-corrected chi connectivity index (χ4v) is 5.76. The van der Waals surface area contributed by atoms with Gasteiger partial charge in [0, 0.05) is 59.3 Å². The van der Waals surface area contributed by atoms with Crippen LogP contribution in [-0.4, -0.2) is 59.4 Å². The van der Waals surface area contributed by atoms with Crippen LogP contribution in [0.4, 0.5) is 0 Å². The van der Waals surface area contributed by atoms with Crippen molar-refractivity contribution < 1.29 is 37.0 Å². The molecule has 0 aromatic rings. The van der Waals surface area contributed by atoms with Crippen LogP contribution in [0.1, 0.15) is 151 Å². The van der Waals surface area contributed by atoms with E-state index < -0.39 is 30.3 Å². The minimum atomic E-state index is -0.945. The fraction of sp³-hybridized carbons (Fsp3) is 0.800. The number of ketones is 2. The Hall–Kier alpha value is -2.95. The van der Waals surface area contributed by atoms with Crippen LogP contribution >= 0.6 is 0 Å². The number of rotatable bonds is 32. The van der Waals surface area contributed by atoms with Crippen molar-refractivity contribution in [2.24, 2.45) is 17.6 Å². The van der Waals surface area contributed by atoms with Crippen LogP contribution in [0.5, 0.6) is 0 Å². The Labute approximate surface area is 279 Å². The van der Waals surface area contributed by atoms with E-state index >= 15 is 0 Å². The first-order valence-corrected chi connectivity index (χ1v) is 17.8. The number of nitrogens with one attached hydrogen (secondary N) is 3. The van der Waals surface area contributed by atoms with Crippen molar-refractivity contribution in [1.82, 2.24) is 16.0 Å². The molecule has 2 atom stereocenters. The Kier molecular flexibility index (Phi) is 24.3. The molecule has 0 aromatic heterocycles. The van der Waals surface area contributed by atoms with Crippen LogP contribution in [0.25, 0.3) is 0 Å². The molecule has 1 aliphatic heterocycles. The number of hydrogen-bond acceptors (Lipinski definition) is 8. The first-order chi connectivity index (χ1) is 22.2. The number of aliphatic carboxylic acids is 1. The number of primary amides is 1. The molecule has 0 spiro atoms. The predicted molar refractivity (Wildman–Crippen MR) is 184 cm³/mol. The zero-order valence-electron chi connectivity index (χ0n) is 28.1. The molecule has 11 nitrogen and oxygen atoms in total. The first-order valence-electron chi connectivity index (χ1n) is 17.8. The molecular weight excluding hydrogens is 588 g/mol. The quantitative estimate of drug-likeness (QED) is 0.0510. The lowest BCUT2D eigenvalue weighted by Gasteiger charge is -2.18. The number of unbranched alkanes of at least 4 members (excludes halogenated alkanes) is 14. The summed E-state index contributed by atoms with van der Waals surface area (Å²) in [5.74, 6) is -3.10. The minimum Gasteiger partial charge on any atom is -0.481 e. The molecule has 2 amide bonds. The lowest BCUT2D eigenvalue weighted by Crippen LogP contribution is -2.31. The molecule has 46 heavy (non-hydrogen) atoms. The van der Waals surface area contributed by atoms with Crippen LogP contribution in [0.15, 0.2) is 11.9 Å². The van der Waals surface area contributed by atoms with Gasteiger partial charge in [-0.1, -0.05) is 83.5 Å². The molecule has 0 saturated carbocycles. The van der Waals surface area contributed by atoms with E-state index in [1.54, 1.807) is 0 Å². The fourth-order valence-electron chi connectivity index (χ4n) is 5.76. The molecule has 0 aromatic carbocycles. The Bertz CT molecular complexity index is 937. The second kappa shape index (κ2) is 27.2. The number of aliphatic hydroxyl groups is 1. The van der Waals surface area contributed by atoms with Crippen molar-refractivity contribution in [3.63, 3.8) is 0 Å². The number of carboxylic acid groups (broad SMARTS) is 1. The van der Waals surface area contributed by atoms with Gasteiger partial charge in [-0.25, -0.2) is 0 Å². The third kappa shape index (κ3) is 22.5. The average Bonchev–Trinajstić information content (AvgIpc) is 3.55. The van der Waals surface area contributed by atoms with Crippen molar-refractivity contribution in [1.29, 1.82) is 0 Å². The third-order valence-electron chi connectivity index (χ3n) is 8.71. The van der Waals surface area contributed by atoms with Crippen molar-refractivity contribution in [2.75, 3.05) is 19.8 Å². The Balaban J connectivity index is 0. The molecule has 268 valence electrons. The van der Waals surface area contributed by atoms with Gasteiger partial charge in [0.05, 0.1) is 19.2 Å². The van der Waals surface area contributed by atoms with Gasteiger partial charge in [0.2, 0.25) is 11.8 Å². The number of amides is 2. The highest BCUT2D eigenvalue weighted by molar-refractivity contribution is 5.91. The van der Waals surface area contributed by atoms with Gasteiger partial charge in [0.15, 0.2) is 0 Å². The lowest BCUT2D eigenvalue weighted by molar-refractivity contribution is -0.137. The molecule has 1 aliphatic rings. The number of nitrogens with two attached hydrogens (primary N) is 1. The molecule has 0 saturated heterocycles. The maximum absolute atomic E-state index is 12.9. The van der Waals surface area contributed by atoms with Gasteiger partial charge in [0.1, 0.15) is 11.6 Å². The number of Topliss-reactive ketones (excluding diaryl/α,β-unsaturated/α-hetero) is 2. The highest BCUT2D eigenvalue weighted by Gasteiger charge is 2.26. The number of allylic oxidation sites excluding steroid dienone is 1.